The van der Waals surface area contributed by atoms with Gasteiger partial charge in [-0.05, 0) is 0 Å². The summed E-state index contributed by atoms with van der Waals surface area (Å²) < 4.78 is 4.18. The Kier molecular flexibility index (Phi) is 11.6. The van der Waals surface area contributed by atoms with Crippen molar-refractivity contribution in [2.24, 2.45) is 17.2 Å². The van der Waals surface area contributed by atoms with Crippen LogP contribution >= 0.6 is 12.6 Å². The van der Waals surface area contributed by atoms with Crippen LogP contribution in [0.2, 0.25) is 0 Å². The first kappa shape index (κ1) is 19.1. The third-order valence-corrected chi connectivity index (χ3v) is 1.79. The number of nitrogens with two attached hydrogens (primary N) is 3. The average molecular weight is 283 g/mol. The molecule has 0 aliphatic carbocycles. The molecular weight excluding hydrogens is 266 g/mol. The maximum absolute atomic E-state index is 10.7. The van der Waals surface area contributed by atoms with E-state index in [2.05, 4.69) is 17.4 Å². The fourth-order valence-electron chi connectivity index (χ4n) is 0.382. The fourth-order valence-corrected chi connectivity index (χ4v) is 0.531. The number of thiol groups is 1. The molecule has 106 valence electrons. The lowest BCUT2D eigenvalue weighted by atomic mass is 10.3. The van der Waals surface area contributed by atoms with Crippen molar-refractivity contribution < 1.29 is 29.3 Å². The summed E-state index contributed by atoms with van der Waals surface area (Å²) in [6.07, 6.45) is 0. The molecule has 0 bridgehead atoms. The summed E-state index contributed by atoms with van der Waals surface area (Å²) in [5.41, 5.74) is 14.8. The molecule has 0 aromatic carbocycles. The van der Waals surface area contributed by atoms with Crippen molar-refractivity contribution in [1.82, 2.24) is 0 Å². The van der Waals surface area contributed by atoms with Crippen molar-refractivity contribution >= 4 is 30.5 Å². The van der Waals surface area contributed by atoms with Gasteiger partial charge in [-0.3, -0.25) is 9.59 Å². The van der Waals surface area contributed by atoms with E-state index in [4.69, 9.17) is 27.4 Å². The molecule has 0 rings (SSSR count). The molecule has 0 aliphatic heterocycles. The number of hydrogen-bond acceptors (Lipinski definition) is 9. The number of rotatable bonds is 5. The van der Waals surface area contributed by atoms with E-state index in [1.165, 1.54) is 0 Å². The van der Waals surface area contributed by atoms with Gasteiger partial charge in [0.1, 0.15) is 12.1 Å². The smallest absolute Gasteiger partial charge is 0.331 e. The summed E-state index contributed by atoms with van der Waals surface area (Å²) in [4.78, 5) is 30.7. The Balaban J connectivity index is 0. The summed E-state index contributed by atoms with van der Waals surface area (Å²) in [5.74, 6) is -2.62. The minimum atomic E-state index is -1.18. The van der Waals surface area contributed by atoms with Crippen LogP contribution in [0.1, 0.15) is 0 Å². The van der Waals surface area contributed by atoms with Gasteiger partial charge in [-0.15, -0.1) is 0 Å². The average Bonchev–Trinajstić information content (AvgIpc) is 2.36. The van der Waals surface area contributed by atoms with Crippen LogP contribution in [0.5, 0.6) is 0 Å². The number of carbonyl (C=O) groups is 3. The van der Waals surface area contributed by atoms with E-state index in [1.54, 1.807) is 0 Å². The third kappa shape index (κ3) is 9.99. The van der Waals surface area contributed by atoms with Crippen molar-refractivity contribution in [2.75, 3.05) is 18.9 Å². The van der Waals surface area contributed by atoms with Crippen molar-refractivity contribution in [3.8, 4) is 0 Å². The Labute approximate surface area is 109 Å². The second kappa shape index (κ2) is 10.9. The zero-order valence-electron chi connectivity index (χ0n) is 9.48. The number of aliphatic hydroxyl groups excluding tert-OH is 1. The number of ether oxygens (including phenoxy) is 1. The Bertz CT molecular complexity index is 288. The Morgan fingerprint density at radius 2 is 1.72 bits per heavy atom. The molecule has 18 heavy (non-hydrogen) atoms. The van der Waals surface area contributed by atoms with Gasteiger partial charge in [-0.2, -0.15) is 12.6 Å². The minimum Gasteiger partial charge on any atom is -0.480 e. The SMILES string of the molecule is NCC(=O)OC(=O)[C@@H](N)CS.N[C@@H](CO)C(=O)O. The van der Waals surface area contributed by atoms with Gasteiger partial charge in [0.05, 0.1) is 13.2 Å². The van der Waals surface area contributed by atoms with Gasteiger partial charge in [0.25, 0.3) is 0 Å². The molecule has 8 N–H and O–H groups in total. The van der Waals surface area contributed by atoms with Crippen LogP contribution < -0.4 is 17.2 Å². The highest BCUT2D eigenvalue weighted by Gasteiger charge is 2.15. The van der Waals surface area contributed by atoms with Gasteiger partial charge >= 0.3 is 17.9 Å². The molecule has 0 heterocycles. The largest absolute Gasteiger partial charge is 0.480 e. The molecule has 9 nitrogen and oxygen atoms in total. The normalized spacial score (nSPS) is 12.7. The van der Waals surface area contributed by atoms with E-state index in [-0.39, 0.29) is 12.3 Å². The molecule has 0 saturated carbocycles. The van der Waals surface area contributed by atoms with Crippen LogP contribution in [0.15, 0.2) is 0 Å². The molecule has 0 amide bonds. The molecule has 10 heteroatoms. The topological polar surface area (TPSA) is 179 Å². The predicted octanol–water partition coefficient (Wildman–Crippen LogP) is -3.34. The van der Waals surface area contributed by atoms with Crippen LogP contribution in [0, 0.1) is 0 Å². The Hall–Kier alpha value is -1.20. The number of hydrogen-bond donors (Lipinski definition) is 6. The lowest BCUT2D eigenvalue weighted by molar-refractivity contribution is -0.159. The van der Waals surface area contributed by atoms with Crippen molar-refractivity contribution in [3.63, 3.8) is 0 Å². The minimum absolute atomic E-state index is 0.136. The zero-order valence-corrected chi connectivity index (χ0v) is 10.4. The number of carboxylic acids is 1. The first-order valence-electron chi connectivity index (χ1n) is 4.70. The van der Waals surface area contributed by atoms with E-state index in [9.17, 15) is 14.4 Å². The van der Waals surface area contributed by atoms with Crippen LogP contribution in [-0.2, 0) is 19.1 Å². The second-order valence-corrected chi connectivity index (χ2v) is 3.28. The molecule has 0 aliphatic rings. The number of carboxylic acid groups (broad SMARTS) is 1. The standard InChI is InChI=1S/C5H10N2O3S.C3H7NO3/c6-1-4(8)10-5(9)3(7)2-11;4-2(1-5)3(6)7/h3,11H,1-2,6-7H2;2,5H,1,4H2,(H,6,7)/t3-;2-/m00/s1. The molecule has 0 fully saturated rings. The van der Waals surface area contributed by atoms with E-state index in [0.29, 0.717) is 0 Å². The molecule has 0 unspecified atom stereocenters. The molecule has 0 radical (unpaired) electrons. The molecule has 0 aromatic heterocycles. The highest BCUT2D eigenvalue weighted by atomic mass is 32.1. The van der Waals surface area contributed by atoms with Crippen LogP contribution in [0.4, 0.5) is 0 Å². The monoisotopic (exact) mass is 283 g/mol. The molecular formula is C8H17N3O6S. The second-order valence-electron chi connectivity index (χ2n) is 2.91. The number of esters is 2. The summed E-state index contributed by atoms with van der Waals surface area (Å²) in [6, 6.07) is -1.99. The van der Waals surface area contributed by atoms with Crippen LogP contribution in [0.3, 0.4) is 0 Å². The number of aliphatic carboxylic acids is 1. The first-order valence-corrected chi connectivity index (χ1v) is 5.33. The van der Waals surface area contributed by atoms with Crippen molar-refractivity contribution in [2.45, 2.75) is 12.1 Å². The summed E-state index contributed by atoms with van der Waals surface area (Å²) >= 11 is 3.74. The van der Waals surface area contributed by atoms with Crippen LogP contribution in [-0.4, -0.2) is 59.1 Å². The highest BCUT2D eigenvalue weighted by Crippen LogP contribution is 1.88. The van der Waals surface area contributed by atoms with Gasteiger partial charge in [-0.1, -0.05) is 0 Å². The van der Waals surface area contributed by atoms with E-state index < -0.39 is 36.6 Å². The summed E-state index contributed by atoms with van der Waals surface area (Å²) in [7, 11) is 0. The number of carbonyl (C=O) groups excluding carboxylic acids is 2. The van der Waals surface area contributed by atoms with Crippen molar-refractivity contribution in [1.29, 1.82) is 0 Å². The van der Waals surface area contributed by atoms with Crippen molar-refractivity contribution in [3.05, 3.63) is 0 Å². The lowest BCUT2D eigenvalue weighted by Gasteiger charge is -2.05. The molecule has 2 atom stereocenters. The Morgan fingerprint density at radius 3 is 1.94 bits per heavy atom. The van der Waals surface area contributed by atoms with Gasteiger partial charge in [0.2, 0.25) is 0 Å². The van der Waals surface area contributed by atoms with E-state index >= 15 is 0 Å². The van der Waals surface area contributed by atoms with Gasteiger partial charge < -0.3 is 32.2 Å². The zero-order chi connectivity index (χ0) is 14.7. The quantitative estimate of drug-likeness (QED) is 0.171. The molecule has 0 saturated heterocycles. The van der Waals surface area contributed by atoms with E-state index in [1.807, 2.05) is 0 Å². The highest BCUT2D eigenvalue weighted by molar-refractivity contribution is 7.80. The predicted molar refractivity (Wildman–Crippen MR) is 64.7 cm³/mol. The maximum Gasteiger partial charge on any atom is 0.331 e. The lowest BCUT2D eigenvalue weighted by Crippen LogP contribution is -2.36. The maximum atomic E-state index is 10.7. The summed E-state index contributed by atoms with van der Waals surface area (Å²) in [5, 5.41) is 15.9. The fraction of sp³-hybridized carbons (Fsp3) is 0.625. The van der Waals surface area contributed by atoms with Gasteiger partial charge in [-0.25, -0.2) is 4.79 Å². The van der Waals surface area contributed by atoms with E-state index in [0.717, 1.165) is 0 Å². The van der Waals surface area contributed by atoms with Gasteiger partial charge in [0.15, 0.2) is 0 Å². The third-order valence-electron chi connectivity index (χ3n) is 1.39. The van der Waals surface area contributed by atoms with Crippen LogP contribution in [0.25, 0.3) is 0 Å². The Morgan fingerprint density at radius 1 is 1.22 bits per heavy atom. The van der Waals surface area contributed by atoms with Gasteiger partial charge in [0, 0.05) is 5.75 Å². The molecule has 0 spiro atoms. The number of aliphatic hydroxyl groups is 1. The summed E-state index contributed by atoms with van der Waals surface area (Å²) in [6.45, 7) is -0.833. The first-order chi connectivity index (χ1) is 8.29. The molecule has 0 aromatic rings.